The first kappa shape index (κ1) is 13.8. The Morgan fingerprint density at radius 2 is 1.57 bits per heavy atom. The van der Waals surface area contributed by atoms with E-state index in [1.165, 1.54) is 21.9 Å². The molecule has 0 aromatic heterocycles. The molecule has 1 heteroatoms. The van der Waals surface area contributed by atoms with Gasteiger partial charge in [0.15, 0.2) is 0 Å². The maximum atomic E-state index is 3.54. The third kappa shape index (κ3) is 2.91. The van der Waals surface area contributed by atoms with E-state index in [2.05, 4.69) is 90.3 Å². The SMILES string of the molecule is C1=CC(c2ccc(Nc3cccc4ccccc34)cc2)=CCC1. The van der Waals surface area contributed by atoms with Crippen LogP contribution in [-0.2, 0) is 0 Å². The molecule has 0 heterocycles. The fourth-order valence-electron chi connectivity index (χ4n) is 3.06. The Kier molecular flexibility index (Phi) is 3.69. The molecule has 4 rings (SSSR count). The van der Waals surface area contributed by atoms with E-state index < -0.39 is 0 Å². The zero-order valence-electron chi connectivity index (χ0n) is 13.0. The first-order valence-electron chi connectivity index (χ1n) is 8.12. The lowest BCUT2D eigenvalue weighted by atomic mass is 9.99. The highest BCUT2D eigenvalue weighted by Crippen LogP contribution is 2.28. The summed E-state index contributed by atoms with van der Waals surface area (Å²) >= 11 is 0. The lowest BCUT2D eigenvalue weighted by molar-refractivity contribution is 1.04. The van der Waals surface area contributed by atoms with Crippen molar-refractivity contribution in [1.82, 2.24) is 0 Å². The second kappa shape index (κ2) is 6.13. The van der Waals surface area contributed by atoms with E-state index in [1.807, 2.05) is 0 Å². The van der Waals surface area contributed by atoms with E-state index >= 15 is 0 Å². The lowest BCUT2D eigenvalue weighted by Gasteiger charge is -2.12. The third-order valence-corrected chi connectivity index (χ3v) is 4.28. The van der Waals surface area contributed by atoms with Gasteiger partial charge in [0.05, 0.1) is 0 Å². The third-order valence-electron chi connectivity index (χ3n) is 4.28. The summed E-state index contributed by atoms with van der Waals surface area (Å²) in [6.45, 7) is 0. The molecule has 0 atom stereocenters. The fourth-order valence-corrected chi connectivity index (χ4v) is 3.06. The molecule has 0 saturated heterocycles. The van der Waals surface area contributed by atoms with Crippen molar-refractivity contribution in [3.8, 4) is 0 Å². The van der Waals surface area contributed by atoms with Crippen LogP contribution in [0.15, 0.2) is 85.0 Å². The van der Waals surface area contributed by atoms with Crippen LogP contribution in [0.4, 0.5) is 11.4 Å². The fraction of sp³-hybridized carbons (Fsp3) is 0.0909. The first-order valence-corrected chi connectivity index (χ1v) is 8.12. The van der Waals surface area contributed by atoms with Crippen LogP contribution in [0.5, 0.6) is 0 Å². The van der Waals surface area contributed by atoms with Gasteiger partial charge in [-0.1, -0.05) is 66.8 Å². The monoisotopic (exact) mass is 297 g/mol. The smallest absolute Gasteiger partial charge is 0.0463 e. The maximum Gasteiger partial charge on any atom is 0.0463 e. The summed E-state index contributed by atoms with van der Waals surface area (Å²) in [5.74, 6) is 0. The molecule has 1 aliphatic rings. The zero-order valence-corrected chi connectivity index (χ0v) is 13.0. The minimum atomic E-state index is 1.12. The summed E-state index contributed by atoms with van der Waals surface area (Å²) in [6.07, 6.45) is 9.08. The average Bonchev–Trinajstić information content (AvgIpc) is 2.63. The van der Waals surface area contributed by atoms with Crippen LogP contribution in [-0.4, -0.2) is 0 Å². The van der Waals surface area contributed by atoms with Crippen LogP contribution < -0.4 is 5.32 Å². The van der Waals surface area contributed by atoms with Gasteiger partial charge >= 0.3 is 0 Å². The standard InChI is InChI=1S/C22H19N/c1-2-7-17(8-3-1)18-13-15-20(16-14-18)23-22-12-6-10-19-9-4-5-11-21(19)22/h2,4-16,23H,1,3H2. The van der Waals surface area contributed by atoms with Crippen LogP contribution in [0.3, 0.4) is 0 Å². The van der Waals surface area contributed by atoms with E-state index in [1.54, 1.807) is 0 Å². The van der Waals surface area contributed by atoms with Crippen LogP contribution in [0.2, 0.25) is 0 Å². The molecular weight excluding hydrogens is 278 g/mol. The molecule has 0 aliphatic heterocycles. The molecule has 3 aromatic rings. The number of benzene rings is 3. The Bertz CT molecular complexity index is 880. The van der Waals surface area contributed by atoms with Crippen LogP contribution in [0.1, 0.15) is 18.4 Å². The normalized spacial score (nSPS) is 13.8. The highest BCUT2D eigenvalue weighted by molar-refractivity contribution is 5.95. The number of allylic oxidation sites excluding steroid dienone is 4. The first-order chi connectivity index (χ1) is 11.4. The van der Waals surface area contributed by atoms with E-state index in [4.69, 9.17) is 0 Å². The average molecular weight is 297 g/mol. The molecule has 0 spiro atoms. The second-order valence-corrected chi connectivity index (χ2v) is 5.87. The molecule has 0 fully saturated rings. The molecule has 0 radical (unpaired) electrons. The quantitative estimate of drug-likeness (QED) is 0.596. The van der Waals surface area contributed by atoms with Crippen LogP contribution in [0.25, 0.3) is 16.3 Å². The Morgan fingerprint density at radius 1 is 0.739 bits per heavy atom. The molecular formula is C22H19N. The van der Waals surface area contributed by atoms with Gasteiger partial charge in [-0.05, 0) is 47.6 Å². The van der Waals surface area contributed by atoms with E-state index in [-0.39, 0.29) is 0 Å². The van der Waals surface area contributed by atoms with Gasteiger partial charge in [-0.3, -0.25) is 0 Å². The largest absolute Gasteiger partial charge is 0.355 e. The molecule has 112 valence electrons. The van der Waals surface area contributed by atoms with Gasteiger partial charge < -0.3 is 5.32 Å². The maximum absolute atomic E-state index is 3.54. The molecule has 23 heavy (non-hydrogen) atoms. The molecule has 0 saturated carbocycles. The number of hydrogen-bond donors (Lipinski definition) is 1. The number of hydrogen-bond acceptors (Lipinski definition) is 1. The minimum Gasteiger partial charge on any atom is -0.355 e. The molecule has 3 aromatic carbocycles. The Labute approximate surface area is 137 Å². The number of anilines is 2. The number of nitrogens with one attached hydrogen (secondary N) is 1. The summed E-state index contributed by atoms with van der Waals surface area (Å²) in [6, 6.07) is 23.5. The van der Waals surface area contributed by atoms with Crippen molar-refractivity contribution >= 4 is 27.7 Å². The summed E-state index contributed by atoms with van der Waals surface area (Å²) < 4.78 is 0. The van der Waals surface area contributed by atoms with E-state index in [0.717, 1.165) is 24.2 Å². The summed E-state index contributed by atoms with van der Waals surface area (Å²) in [5.41, 5.74) is 4.87. The summed E-state index contributed by atoms with van der Waals surface area (Å²) in [4.78, 5) is 0. The summed E-state index contributed by atoms with van der Waals surface area (Å²) in [5, 5.41) is 6.04. The Balaban J connectivity index is 1.61. The van der Waals surface area contributed by atoms with Gasteiger partial charge in [-0.15, -0.1) is 0 Å². The van der Waals surface area contributed by atoms with Crippen molar-refractivity contribution in [3.05, 3.63) is 90.5 Å². The van der Waals surface area contributed by atoms with Crippen molar-refractivity contribution in [2.75, 3.05) is 5.32 Å². The van der Waals surface area contributed by atoms with Gasteiger partial charge in [-0.2, -0.15) is 0 Å². The molecule has 0 bridgehead atoms. The van der Waals surface area contributed by atoms with Crippen molar-refractivity contribution < 1.29 is 0 Å². The van der Waals surface area contributed by atoms with Crippen molar-refractivity contribution in [1.29, 1.82) is 0 Å². The molecule has 1 aliphatic carbocycles. The highest BCUT2D eigenvalue weighted by Gasteiger charge is 2.03. The number of rotatable bonds is 3. The highest BCUT2D eigenvalue weighted by atomic mass is 14.9. The second-order valence-electron chi connectivity index (χ2n) is 5.87. The minimum absolute atomic E-state index is 1.12. The zero-order chi connectivity index (χ0) is 15.5. The topological polar surface area (TPSA) is 12.0 Å². The van der Waals surface area contributed by atoms with Crippen LogP contribution >= 0.6 is 0 Å². The van der Waals surface area contributed by atoms with Gasteiger partial charge in [0.2, 0.25) is 0 Å². The predicted octanol–water partition coefficient (Wildman–Crippen LogP) is 6.32. The summed E-state index contributed by atoms with van der Waals surface area (Å²) in [7, 11) is 0. The Hall–Kier alpha value is -2.80. The van der Waals surface area contributed by atoms with Crippen LogP contribution in [0, 0.1) is 0 Å². The molecule has 1 N–H and O–H groups in total. The van der Waals surface area contributed by atoms with Crippen molar-refractivity contribution in [2.45, 2.75) is 12.8 Å². The van der Waals surface area contributed by atoms with Gasteiger partial charge in [0, 0.05) is 16.8 Å². The molecule has 0 amide bonds. The van der Waals surface area contributed by atoms with E-state index in [9.17, 15) is 0 Å². The van der Waals surface area contributed by atoms with E-state index in [0.29, 0.717) is 0 Å². The van der Waals surface area contributed by atoms with Gasteiger partial charge in [0.1, 0.15) is 0 Å². The molecule has 1 nitrogen and oxygen atoms in total. The Morgan fingerprint density at radius 3 is 2.39 bits per heavy atom. The number of fused-ring (bicyclic) bond motifs is 1. The van der Waals surface area contributed by atoms with Gasteiger partial charge in [-0.25, -0.2) is 0 Å². The van der Waals surface area contributed by atoms with Gasteiger partial charge in [0.25, 0.3) is 0 Å². The van der Waals surface area contributed by atoms with Crippen molar-refractivity contribution in [2.24, 2.45) is 0 Å². The van der Waals surface area contributed by atoms with Crippen molar-refractivity contribution in [3.63, 3.8) is 0 Å². The predicted molar refractivity (Wildman–Crippen MR) is 100 cm³/mol. The lowest BCUT2D eigenvalue weighted by Crippen LogP contribution is -1.92. The molecule has 0 unspecified atom stereocenters.